The van der Waals surface area contributed by atoms with Crippen LogP contribution in [0.15, 0.2) is 4.42 Å². The van der Waals surface area contributed by atoms with E-state index < -0.39 is 0 Å². The summed E-state index contributed by atoms with van der Waals surface area (Å²) in [6, 6.07) is 0. The van der Waals surface area contributed by atoms with E-state index in [1.54, 1.807) is 0 Å². The van der Waals surface area contributed by atoms with E-state index in [1.807, 2.05) is 6.92 Å². The van der Waals surface area contributed by atoms with Crippen molar-refractivity contribution in [3.05, 3.63) is 22.6 Å². The van der Waals surface area contributed by atoms with Crippen molar-refractivity contribution in [1.29, 1.82) is 0 Å². The SMILES string of the molecule is Cc1oc2c(c1C)CCC(O)C2. The summed E-state index contributed by atoms with van der Waals surface area (Å²) in [5.74, 6) is 2.01. The van der Waals surface area contributed by atoms with Crippen molar-refractivity contribution in [2.75, 3.05) is 0 Å². The Morgan fingerprint density at radius 2 is 2.17 bits per heavy atom. The number of aliphatic hydroxyl groups excluding tert-OH is 1. The van der Waals surface area contributed by atoms with Gasteiger partial charge in [-0.3, -0.25) is 0 Å². The monoisotopic (exact) mass is 166 g/mol. The summed E-state index contributed by atoms with van der Waals surface area (Å²) < 4.78 is 5.55. The normalized spacial score (nSPS) is 22.4. The number of rotatable bonds is 0. The molecule has 2 nitrogen and oxygen atoms in total. The van der Waals surface area contributed by atoms with Gasteiger partial charge in [0.15, 0.2) is 0 Å². The van der Waals surface area contributed by atoms with Crippen molar-refractivity contribution in [3.8, 4) is 0 Å². The number of hydrogen-bond acceptors (Lipinski definition) is 2. The topological polar surface area (TPSA) is 33.4 Å². The third-order valence-electron chi connectivity index (χ3n) is 2.74. The van der Waals surface area contributed by atoms with Gasteiger partial charge in [-0.25, -0.2) is 0 Å². The zero-order chi connectivity index (χ0) is 8.72. The zero-order valence-corrected chi connectivity index (χ0v) is 7.55. The number of fused-ring (bicyclic) bond motifs is 1. The van der Waals surface area contributed by atoms with E-state index in [0.29, 0.717) is 6.42 Å². The summed E-state index contributed by atoms with van der Waals surface area (Å²) in [6.07, 6.45) is 2.36. The minimum Gasteiger partial charge on any atom is -0.466 e. The molecule has 2 rings (SSSR count). The molecule has 1 atom stereocenters. The van der Waals surface area contributed by atoms with Gasteiger partial charge in [-0.2, -0.15) is 0 Å². The van der Waals surface area contributed by atoms with Crippen LogP contribution in [0, 0.1) is 13.8 Å². The Balaban J connectivity index is 2.43. The highest BCUT2D eigenvalue weighted by atomic mass is 16.3. The summed E-state index contributed by atoms with van der Waals surface area (Å²) in [5.41, 5.74) is 2.61. The molecular weight excluding hydrogens is 152 g/mol. The highest BCUT2D eigenvalue weighted by molar-refractivity contribution is 5.34. The molecule has 1 heterocycles. The lowest BCUT2D eigenvalue weighted by atomic mass is 9.93. The quantitative estimate of drug-likeness (QED) is 0.637. The summed E-state index contributed by atoms with van der Waals surface area (Å²) in [5, 5.41) is 9.40. The first kappa shape index (κ1) is 7.87. The van der Waals surface area contributed by atoms with Crippen LogP contribution in [0.25, 0.3) is 0 Å². The van der Waals surface area contributed by atoms with Gasteiger partial charge in [-0.05, 0) is 37.8 Å². The van der Waals surface area contributed by atoms with Crippen molar-refractivity contribution in [3.63, 3.8) is 0 Å². The van der Waals surface area contributed by atoms with Gasteiger partial charge in [0, 0.05) is 6.42 Å². The van der Waals surface area contributed by atoms with E-state index >= 15 is 0 Å². The molecular formula is C10H14O2. The first-order valence-corrected chi connectivity index (χ1v) is 4.44. The number of aliphatic hydroxyl groups is 1. The van der Waals surface area contributed by atoms with Gasteiger partial charge in [0.1, 0.15) is 11.5 Å². The second-order valence-electron chi connectivity index (χ2n) is 3.58. The van der Waals surface area contributed by atoms with Crippen LogP contribution in [0.4, 0.5) is 0 Å². The fourth-order valence-corrected chi connectivity index (χ4v) is 1.86. The first-order valence-electron chi connectivity index (χ1n) is 4.44. The molecule has 1 aliphatic rings. The van der Waals surface area contributed by atoms with Crippen LogP contribution >= 0.6 is 0 Å². The molecule has 66 valence electrons. The van der Waals surface area contributed by atoms with E-state index in [9.17, 15) is 5.11 Å². The second kappa shape index (κ2) is 2.63. The average Bonchev–Trinajstić information content (AvgIpc) is 2.28. The van der Waals surface area contributed by atoms with Crippen LogP contribution in [-0.2, 0) is 12.8 Å². The average molecular weight is 166 g/mol. The molecule has 12 heavy (non-hydrogen) atoms. The van der Waals surface area contributed by atoms with Crippen LogP contribution in [0.2, 0.25) is 0 Å². The maximum atomic E-state index is 9.40. The van der Waals surface area contributed by atoms with Crippen molar-refractivity contribution >= 4 is 0 Å². The molecule has 1 aromatic heterocycles. The molecule has 1 N–H and O–H groups in total. The second-order valence-corrected chi connectivity index (χ2v) is 3.58. The summed E-state index contributed by atoms with van der Waals surface area (Å²) >= 11 is 0. The van der Waals surface area contributed by atoms with Crippen molar-refractivity contribution in [2.45, 2.75) is 39.2 Å². The van der Waals surface area contributed by atoms with Gasteiger partial charge >= 0.3 is 0 Å². The van der Waals surface area contributed by atoms with Crippen LogP contribution in [-0.4, -0.2) is 11.2 Å². The number of furan rings is 1. The molecule has 0 radical (unpaired) electrons. The Morgan fingerprint density at radius 3 is 2.92 bits per heavy atom. The minimum atomic E-state index is -0.192. The Morgan fingerprint density at radius 1 is 1.42 bits per heavy atom. The van der Waals surface area contributed by atoms with Gasteiger partial charge in [0.05, 0.1) is 6.10 Å². The molecule has 0 saturated carbocycles. The van der Waals surface area contributed by atoms with Gasteiger partial charge in [0.2, 0.25) is 0 Å². The van der Waals surface area contributed by atoms with Crippen molar-refractivity contribution < 1.29 is 9.52 Å². The molecule has 1 aliphatic carbocycles. The summed E-state index contributed by atoms with van der Waals surface area (Å²) in [7, 11) is 0. The van der Waals surface area contributed by atoms with Crippen LogP contribution < -0.4 is 0 Å². The Kier molecular flexibility index (Phi) is 1.72. The van der Waals surface area contributed by atoms with Crippen LogP contribution in [0.3, 0.4) is 0 Å². The Hall–Kier alpha value is -0.760. The molecule has 2 heteroatoms. The standard InChI is InChI=1S/C10H14O2/c1-6-7(2)12-10-5-8(11)3-4-9(6)10/h8,11H,3-5H2,1-2H3. The third-order valence-corrected chi connectivity index (χ3v) is 2.74. The van der Waals surface area contributed by atoms with Gasteiger partial charge in [-0.15, -0.1) is 0 Å². The van der Waals surface area contributed by atoms with E-state index in [0.717, 1.165) is 24.4 Å². The molecule has 0 fully saturated rings. The van der Waals surface area contributed by atoms with Crippen LogP contribution in [0.1, 0.15) is 29.1 Å². The van der Waals surface area contributed by atoms with Crippen molar-refractivity contribution in [1.82, 2.24) is 0 Å². The fraction of sp³-hybridized carbons (Fsp3) is 0.600. The summed E-state index contributed by atoms with van der Waals surface area (Å²) in [4.78, 5) is 0. The molecule has 0 aromatic carbocycles. The summed E-state index contributed by atoms with van der Waals surface area (Å²) in [6.45, 7) is 4.08. The lowest BCUT2D eigenvalue weighted by Gasteiger charge is -2.15. The van der Waals surface area contributed by atoms with Crippen LogP contribution in [0.5, 0.6) is 0 Å². The minimum absolute atomic E-state index is 0.192. The molecule has 0 amide bonds. The predicted octanol–water partition coefficient (Wildman–Crippen LogP) is 1.75. The van der Waals surface area contributed by atoms with Gasteiger partial charge in [-0.1, -0.05) is 0 Å². The van der Waals surface area contributed by atoms with Gasteiger partial charge < -0.3 is 9.52 Å². The maximum absolute atomic E-state index is 9.40. The lowest BCUT2D eigenvalue weighted by molar-refractivity contribution is 0.149. The fourth-order valence-electron chi connectivity index (χ4n) is 1.86. The Labute approximate surface area is 72.2 Å². The van der Waals surface area contributed by atoms with E-state index in [-0.39, 0.29) is 6.10 Å². The lowest BCUT2D eigenvalue weighted by Crippen LogP contribution is -2.17. The smallest absolute Gasteiger partial charge is 0.110 e. The predicted molar refractivity (Wildman–Crippen MR) is 46.2 cm³/mol. The molecule has 0 saturated heterocycles. The third kappa shape index (κ3) is 1.07. The van der Waals surface area contributed by atoms with E-state index in [2.05, 4.69) is 6.92 Å². The highest BCUT2D eigenvalue weighted by Gasteiger charge is 2.22. The first-order chi connectivity index (χ1) is 5.68. The highest BCUT2D eigenvalue weighted by Crippen LogP contribution is 2.28. The van der Waals surface area contributed by atoms with Crippen molar-refractivity contribution in [2.24, 2.45) is 0 Å². The zero-order valence-electron chi connectivity index (χ0n) is 7.55. The number of aryl methyl sites for hydroxylation is 1. The molecule has 0 aliphatic heterocycles. The molecule has 1 aromatic rings. The van der Waals surface area contributed by atoms with E-state index in [1.165, 1.54) is 11.1 Å². The van der Waals surface area contributed by atoms with E-state index in [4.69, 9.17) is 4.42 Å². The molecule has 0 spiro atoms. The largest absolute Gasteiger partial charge is 0.466 e. The van der Waals surface area contributed by atoms with Gasteiger partial charge in [0.25, 0.3) is 0 Å². The molecule has 1 unspecified atom stereocenters. The maximum Gasteiger partial charge on any atom is 0.110 e. The number of hydrogen-bond donors (Lipinski definition) is 1. The molecule has 0 bridgehead atoms. The Bertz CT molecular complexity index is 299.